The van der Waals surface area contributed by atoms with Crippen molar-refractivity contribution in [1.29, 1.82) is 0 Å². The average molecular weight is 385 g/mol. The molecule has 0 saturated heterocycles. The number of benzene rings is 1. The Hall–Kier alpha value is -1.66. The van der Waals surface area contributed by atoms with Gasteiger partial charge in [0.25, 0.3) is 5.69 Å². The third-order valence-corrected chi connectivity index (χ3v) is 5.12. The molecule has 146 valence electrons. The summed E-state index contributed by atoms with van der Waals surface area (Å²) in [6.45, 7) is 9.52. The first kappa shape index (κ1) is 22.4. The number of nitro benzene ring substituents is 1. The van der Waals surface area contributed by atoms with E-state index in [1.807, 2.05) is 0 Å². The molecule has 0 amide bonds. The molecule has 0 aromatic heterocycles. The first-order valence-electron chi connectivity index (χ1n) is 8.96. The molecular formula is C19H29ClN2O4. The second-order valence-corrected chi connectivity index (χ2v) is 7.30. The maximum absolute atomic E-state index is 12.7. The maximum Gasteiger partial charge on any atom is 0.316 e. The lowest BCUT2D eigenvalue weighted by molar-refractivity contribution is -0.385. The predicted molar refractivity (Wildman–Crippen MR) is 104 cm³/mol. The molecule has 6 nitrogen and oxygen atoms in total. The fraction of sp³-hybridized carbons (Fsp3) is 0.632. The summed E-state index contributed by atoms with van der Waals surface area (Å²) in [4.78, 5) is 25.6. The Morgan fingerprint density at radius 1 is 1.27 bits per heavy atom. The zero-order chi connectivity index (χ0) is 18.6. The molecule has 0 spiro atoms. The van der Waals surface area contributed by atoms with E-state index in [1.165, 1.54) is 12.1 Å². The molecule has 1 fully saturated rings. The minimum Gasteiger partial charge on any atom is -0.464 e. The van der Waals surface area contributed by atoms with E-state index >= 15 is 0 Å². The minimum atomic E-state index is -0.716. The molecule has 1 saturated carbocycles. The average Bonchev–Trinajstić information content (AvgIpc) is 2.50. The standard InChI is InChI=1S/C19H28N2O4.ClH/c1-14(2)20(15(3)4)11-12-25-18(22)19(9-6-10-19)16-7-5-8-17(13-16)21(23)24;/h5,7-8,13-15H,6,9-12H2,1-4H3;1H. The number of ether oxygens (including phenoxy) is 1. The van der Waals surface area contributed by atoms with E-state index in [9.17, 15) is 14.9 Å². The molecule has 1 aliphatic carbocycles. The van der Waals surface area contributed by atoms with E-state index in [1.54, 1.807) is 12.1 Å². The van der Waals surface area contributed by atoms with Gasteiger partial charge in [-0.1, -0.05) is 18.6 Å². The van der Waals surface area contributed by atoms with Gasteiger partial charge in [-0.25, -0.2) is 0 Å². The van der Waals surface area contributed by atoms with Gasteiger partial charge in [-0.3, -0.25) is 19.8 Å². The summed E-state index contributed by atoms with van der Waals surface area (Å²) < 4.78 is 5.58. The van der Waals surface area contributed by atoms with E-state index < -0.39 is 10.3 Å². The molecule has 0 N–H and O–H groups in total. The number of halogens is 1. The van der Waals surface area contributed by atoms with Crippen molar-refractivity contribution in [2.45, 2.75) is 64.5 Å². The number of nitro groups is 1. The summed E-state index contributed by atoms with van der Waals surface area (Å²) in [6, 6.07) is 7.16. The van der Waals surface area contributed by atoms with E-state index in [0.29, 0.717) is 43.6 Å². The van der Waals surface area contributed by atoms with Gasteiger partial charge in [0.05, 0.1) is 10.3 Å². The van der Waals surface area contributed by atoms with E-state index in [-0.39, 0.29) is 24.1 Å². The number of non-ortho nitro benzene ring substituents is 1. The van der Waals surface area contributed by atoms with Gasteiger partial charge < -0.3 is 4.74 Å². The molecular weight excluding hydrogens is 356 g/mol. The second kappa shape index (κ2) is 9.33. The molecule has 7 heteroatoms. The van der Waals surface area contributed by atoms with E-state index in [0.717, 1.165) is 6.42 Å². The summed E-state index contributed by atoms with van der Waals surface area (Å²) in [5, 5.41) is 11.0. The third-order valence-electron chi connectivity index (χ3n) is 5.12. The van der Waals surface area contributed by atoms with Crippen LogP contribution in [0.25, 0.3) is 0 Å². The van der Waals surface area contributed by atoms with Crippen molar-refractivity contribution in [3.05, 3.63) is 39.9 Å². The van der Waals surface area contributed by atoms with Crippen LogP contribution in [0, 0.1) is 10.1 Å². The Labute approximate surface area is 161 Å². The monoisotopic (exact) mass is 384 g/mol. The highest BCUT2D eigenvalue weighted by molar-refractivity contribution is 5.85. The molecule has 0 unspecified atom stereocenters. The molecule has 1 aromatic carbocycles. The van der Waals surface area contributed by atoms with Crippen molar-refractivity contribution in [2.24, 2.45) is 0 Å². The fourth-order valence-corrected chi connectivity index (χ4v) is 3.55. The minimum absolute atomic E-state index is 0. The first-order valence-corrected chi connectivity index (χ1v) is 8.96. The van der Waals surface area contributed by atoms with Crippen LogP contribution in [0.2, 0.25) is 0 Å². The maximum atomic E-state index is 12.7. The van der Waals surface area contributed by atoms with Crippen molar-refractivity contribution in [2.75, 3.05) is 13.2 Å². The Kier molecular flexibility index (Phi) is 8.03. The molecule has 0 bridgehead atoms. The molecule has 1 aliphatic rings. The lowest BCUT2D eigenvalue weighted by Crippen LogP contribution is -2.45. The summed E-state index contributed by atoms with van der Waals surface area (Å²) in [6.07, 6.45) is 2.30. The summed E-state index contributed by atoms with van der Waals surface area (Å²) in [7, 11) is 0. The Morgan fingerprint density at radius 3 is 2.35 bits per heavy atom. The fourth-order valence-electron chi connectivity index (χ4n) is 3.55. The van der Waals surface area contributed by atoms with Crippen molar-refractivity contribution in [3.8, 4) is 0 Å². The van der Waals surface area contributed by atoms with Crippen LogP contribution in [-0.4, -0.2) is 41.0 Å². The topological polar surface area (TPSA) is 72.7 Å². The zero-order valence-corrected chi connectivity index (χ0v) is 16.8. The first-order chi connectivity index (χ1) is 11.8. The highest BCUT2D eigenvalue weighted by Crippen LogP contribution is 2.45. The van der Waals surface area contributed by atoms with Crippen LogP contribution in [0.15, 0.2) is 24.3 Å². The van der Waals surface area contributed by atoms with Crippen LogP contribution < -0.4 is 0 Å². The molecule has 26 heavy (non-hydrogen) atoms. The van der Waals surface area contributed by atoms with Crippen LogP contribution >= 0.6 is 12.4 Å². The van der Waals surface area contributed by atoms with E-state index in [2.05, 4.69) is 32.6 Å². The highest BCUT2D eigenvalue weighted by Gasteiger charge is 2.47. The molecule has 2 rings (SSSR count). The molecule has 0 aliphatic heterocycles. The zero-order valence-electron chi connectivity index (χ0n) is 15.9. The number of nitrogens with zero attached hydrogens (tertiary/aromatic N) is 2. The van der Waals surface area contributed by atoms with Crippen LogP contribution in [0.4, 0.5) is 5.69 Å². The van der Waals surface area contributed by atoms with Gasteiger partial charge in [-0.15, -0.1) is 12.4 Å². The van der Waals surface area contributed by atoms with Gasteiger partial charge >= 0.3 is 5.97 Å². The Bertz CT molecular complexity index is 622. The lowest BCUT2D eigenvalue weighted by Gasteiger charge is -2.40. The van der Waals surface area contributed by atoms with Gasteiger partial charge in [0.15, 0.2) is 0 Å². The van der Waals surface area contributed by atoms with Crippen molar-refractivity contribution in [1.82, 2.24) is 4.90 Å². The van der Waals surface area contributed by atoms with Crippen molar-refractivity contribution >= 4 is 24.1 Å². The van der Waals surface area contributed by atoms with Gasteiger partial charge in [-0.2, -0.15) is 0 Å². The van der Waals surface area contributed by atoms with Gasteiger partial charge in [0.2, 0.25) is 0 Å². The number of rotatable bonds is 8. The van der Waals surface area contributed by atoms with E-state index in [4.69, 9.17) is 4.74 Å². The van der Waals surface area contributed by atoms with Gasteiger partial charge in [0, 0.05) is 30.8 Å². The lowest BCUT2D eigenvalue weighted by atomic mass is 9.64. The molecule has 0 atom stereocenters. The van der Waals surface area contributed by atoms with Crippen molar-refractivity contribution < 1.29 is 14.5 Å². The number of carbonyl (C=O) groups excluding carboxylic acids is 1. The molecule has 1 aromatic rings. The van der Waals surface area contributed by atoms with Crippen LogP contribution in [-0.2, 0) is 14.9 Å². The molecule has 0 radical (unpaired) electrons. The number of hydrogen-bond acceptors (Lipinski definition) is 5. The Balaban J connectivity index is 0.00000338. The Morgan fingerprint density at radius 2 is 1.88 bits per heavy atom. The third kappa shape index (κ3) is 4.74. The summed E-state index contributed by atoms with van der Waals surface area (Å²) >= 11 is 0. The number of hydrogen-bond donors (Lipinski definition) is 0. The van der Waals surface area contributed by atoms with Crippen LogP contribution in [0.3, 0.4) is 0 Å². The second-order valence-electron chi connectivity index (χ2n) is 7.30. The number of esters is 1. The van der Waals surface area contributed by atoms with Gasteiger partial charge in [0.1, 0.15) is 6.61 Å². The summed E-state index contributed by atoms with van der Waals surface area (Å²) in [5.41, 5.74) is -0.00290. The largest absolute Gasteiger partial charge is 0.464 e. The van der Waals surface area contributed by atoms with Crippen LogP contribution in [0.5, 0.6) is 0 Å². The normalized spacial score (nSPS) is 15.5. The SMILES string of the molecule is CC(C)N(CCOC(=O)C1(c2cccc([N+](=O)[O-])c2)CCC1)C(C)C.Cl. The van der Waals surface area contributed by atoms with Gasteiger partial charge in [-0.05, 0) is 46.1 Å². The molecule has 0 heterocycles. The van der Waals surface area contributed by atoms with Crippen LogP contribution in [0.1, 0.15) is 52.5 Å². The quantitative estimate of drug-likeness (QED) is 0.383. The smallest absolute Gasteiger partial charge is 0.316 e. The highest BCUT2D eigenvalue weighted by atomic mass is 35.5. The summed E-state index contributed by atoms with van der Waals surface area (Å²) in [5.74, 6) is -0.258. The number of carbonyl (C=O) groups is 1. The predicted octanol–water partition coefficient (Wildman–Crippen LogP) is 4.10. The van der Waals surface area contributed by atoms with Crippen molar-refractivity contribution in [3.63, 3.8) is 0 Å².